The molecule has 0 aliphatic heterocycles. The summed E-state index contributed by atoms with van der Waals surface area (Å²) in [6, 6.07) is 2.29. The zero-order valence-corrected chi connectivity index (χ0v) is 11.3. The van der Waals surface area contributed by atoms with Gasteiger partial charge in [-0.3, -0.25) is 0 Å². The van der Waals surface area contributed by atoms with Gasteiger partial charge in [0, 0.05) is 5.33 Å². The van der Waals surface area contributed by atoms with Crippen LogP contribution in [-0.2, 0) is 0 Å². The van der Waals surface area contributed by atoms with Crippen molar-refractivity contribution in [2.75, 3.05) is 5.33 Å². The van der Waals surface area contributed by atoms with Gasteiger partial charge in [0.1, 0.15) is 4.32 Å². The minimum atomic E-state index is -0.334. The van der Waals surface area contributed by atoms with Gasteiger partial charge in [0.05, 0.1) is 6.07 Å². The highest BCUT2D eigenvalue weighted by atomic mass is 79.9. The predicted molar refractivity (Wildman–Crippen MR) is 64.4 cm³/mol. The van der Waals surface area contributed by atoms with Gasteiger partial charge in [-0.1, -0.05) is 70.9 Å². The van der Waals surface area contributed by atoms with Crippen LogP contribution in [0, 0.1) is 11.3 Å². The zero-order valence-electron chi connectivity index (χ0n) is 8.15. The SMILES string of the molecule is CCCCCCCC(Br)(C#N)CBr. The summed E-state index contributed by atoms with van der Waals surface area (Å²) in [5.74, 6) is 0. The topological polar surface area (TPSA) is 23.8 Å². The molecule has 0 bridgehead atoms. The smallest absolute Gasteiger partial charge is 0.122 e. The van der Waals surface area contributed by atoms with Crippen LogP contribution in [0.2, 0.25) is 0 Å². The van der Waals surface area contributed by atoms with E-state index in [0.717, 1.165) is 12.8 Å². The molecule has 0 aromatic heterocycles. The lowest BCUT2D eigenvalue weighted by Gasteiger charge is -2.15. The van der Waals surface area contributed by atoms with E-state index in [1.165, 1.54) is 25.7 Å². The van der Waals surface area contributed by atoms with Crippen molar-refractivity contribution in [3.63, 3.8) is 0 Å². The maximum Gasteiger partial charge on any atom is 0.122 e. The third-order valence-corrected chi connectivity index (χ3v) is 4.65. The maximum atomic E-state index is 8.86. The van der Waals surface area contributed by atoms with Crippen LogP contribution >= 0.6 is 31.9 Å². The van der Waals surface area contributed by atoms with Gasteiger partial charge in [-0.15, -0.1) is 0 Å². The Hall–Kier alpha value is 0.450. The van der Waals surface area contributed by atoms with E-state index in [1.807, 2.05) is 0 Å². The van der Waals surface area contributed by atoms with Crippen molar-refractivity contribution in [1.29, 1.82) is 5.26 Å². The summed E-state index contributed by atoms with van der Waals surface area (Å²) in [5, 5.41) is 9.57. The van der Waals surface area contributed by atoms with E-state index >= 15 is 0 Å². The standard InChI is InChI=1S/C10H17Br2N/c1-2-3-4-5-6-7-10(12,8-11)9-13/h2-8H2,1H3. The van der Waals surface area contributed by atoms with E-state index in [1.54, 1.807) is 0 Å². The Bertz CT molecular complexity index is 165. The van der Waals surface area contributed by atoms with Gasteiger partial charge in [-0.05, 0) is 6.42 Å². The van der Waals surface area contributed by atoms with Gasteiger partial charge in [-0.2, -0.15) is 5.26 Å². The summed E-state index contributed by atoms with van der Waals surface area (Å²) in [4.78, 5) is 0. The summed E-state index contributed by atoms with van der Waals surface area (Å²) in [6.07, 6.45) is 7.22. The van der Waals surface area contributed by atoms with Crippen molar-refractivity contribution in [3.05, 3.63) is 0 Å². The highest BCUT2D eigenvalue weighted by Crippen LogP contribution is 2.26. The Balaban J connectivity index is 3.46. The van der Waals surface area contributed by atoms with E-state index in [0.29, 0.717) is 5.33 Å². The monoisotopic (exact) mass is 309 g/mol. The number of nitriles is 1. The molecule has 0 aromatic rings. The Morgan fingerprint density at radius 1 is 1.23 bits per heavy atom. The third-order valence-electron chi connectivity index (χ3n) is 2.09. The average molecular weight is 311 g/mol. The molecule has 13 heavy (non-hydrogen) atoms. The van der Waals surface area contributed by atoms with Gasteiger partial charge in [0.2, 0.25) is 0 Å². The molecule has 0 fully saturated rings. The first-order valence-corrected chi connectivity index (χ1v) is 6.76. The van der Waals surface area contributed by atoms with Crippen LogP contribution in [0.25, 0.3) is 0 Å². The summed E-state index contributed by atoms with van der Waals surface area (Å²) in [5.41, 5.74) is 0. The molecule has 0 radical (unpaired) electrons. The molecular formula is C10H17Br2N. The lowest BCUT2D eigenvalue weighted by atomic mass is 10.0. The molecule has 0 spiro atoms. The van der Waals surface area contributed by atoms with Gasteiger partial charge in [0.25, 0.3) is 0 Å². The lowest BCUT2D eigenvalue weighted by Crippen LogP contribution is -2.19. The number of hydrogen-bond acceptors (Lipinski definition) is 1. The van der Waals surface area contributed by atoms with Crippen LogP contribution in [0.3, 0.4) is 0 Å². The minimum Gasteiger partial charge on any atom is -0.197 e. The number of unbranched alkanes of at least 4 members (excludes halogenated alkanes) is 4. The van der Waals surface area contributed by atoms with Crippen LogP contribution in [0.15, 0.2) is 0 Å². The first-order chi connectivity index (χ1) is 6.18. The molecule has 0 rings (SSSR count). The Morgan fingerprint density at radius 2 is 1.85 bits per heavy atom. The summed E-state index contributed by atoms with van der Waals surface area (Å²) in [6.45, 7) is 2.21. The minimum absolute atomic E-state index is 0.334. The highest BCUT2D eigenvalue weighted by molar-refractivity contribution is 9.12. The largest absolute Gasteiger partial charge is 0.197 e. The van der Waals surface area contributed by atoms with Crippen molar-refractivity contribution in [2.45, 2.75) is 49.8 Å². The molecule has 76 valence electrons. The van der Waals surface area contributed by atoms with Crippen molar-refractivity contribution in [3.8, 4) is 6.07 Å². The average Bonchev–Trinajstić information content (AvgIpc) is 2.17. The number of halogens is 2. The first-order valence-electron chi connectivity index (χ1n) is 4.84. The summed E-state index contributed by atoms with van der Waals surface area (Å²) in [7, 11) is 0. The molecule has 1 unspecified atom stereocenters. The molecule has 0 heterocycles. The fourth-order valence-electron chi connectivity index (χ4n) is 1.16. The number of alkyl halides is 2. The molecule has 0 aliphatic carbocycles. The third kappa shape index (κ3) is 6.51. The molecule has 1 nitrogen and oxygen atoms in total. The number of hydrogen-bond donors (Lipinski definition) is 0. The molecule has 3 heteroatoms. The zero-order chi connectivity index (χ0) is 10.2. The first kappa shape index (κ1) is 13.4. The second-order valence-electron chi connectivity index (χ2n) is 3.37. The molecule has 0 saturated carbocycles. The van der Waals surface area contributed by atoms with E-state index < -0.39 is 0 Å². The van der Waals surface area contributed by atoms with Crippen LogP contribution in [0.1, 0.15) is 45.4 Å². The van der Waals surface area contributed by atoms with Gasteiger partial charge in [0.15, 0.2) is 0 Å². The van der Waals surface area contributed by atoms with Gasteiger partial charge >= 0.3 is 0 Å². The van der Waals surface area contributed by atoms with Gasteiger partial charge < -0.3 is 0 Å². The fraction of sp³-hybridized carbons (Fsp3) is 0.900. The van der Waals surface area contributed by atoms with E-state index in [9.17, 15) is 0 Å². The molecule has 0 amide bonds. The Kier molecular flexibility index (Phi) is 8.09. The van der Waals surface area contributed by atoms with Gasteiger partial charge in [-0.25, -0.2) is 0 Å². The van der Waals surface area contributed by atoms with Crippen LogP contribution in [0.4, 0.5) is 0 Å². The highest BCUT2D eigenvalue weighted by Gasteiger charge is 2.23. The molecule has 0 aromatic carbocycles. The van der Waals surface area contributed by atoms with E-state index in [2.05, 4.69) is 44.9 Å². The second kappa shape index (κ2) is 7.82. The number of nitrogens with zero attached hydrogens (tertiary/aromatic N) is 1. The van der Waals surface area contributed by atoms with Crippen molar-refractivity contribution < 1.29 is 0 Å². The molecule has 0 saturated heterocycles. The Morgan fingerprint density at radius 3 is 2.31 bits per heavy atom. The normalized spacial score (nSPS) is 14.9. The lowest BCUT2D eigenvalue weighted by molar-refractivity contribution is 0.585. The van der Waals surface area contributed by atoms with E-state index in [4.69, 9.17) is 5.26 Å². The molecular weight excluding hydrogens is 294 g/mol. The summed E-state index contributed by atoms with van der Waals surface area (Å²) < 4.78 is -0.334. The van der Waals surface area contributed by atoms with Crippen LogP contribution in [-0.4, -0.2) is 9.65 Å². The van der Waals surface area contributed by atoms with Crippen LogP contribution in [0.5, 0.6) is 0 Å². The van der Waals surface area contributed by atoms with Crippen molar-refractivity contribution in [1.82, 2.24) is 0 Å². The summed E-state index contributed by atoms with van der Waals surface area (Å²) >= 11 is 6.79. The van der Waals surface area contributed by atoms with Crippen LogP contribution < -0.4 is 0 Å². The van der Waals surface area contributed by atoms with Crippen molar-refractivity contribution >= 4 is 31.9 Å². The Labute approximate surface area is 98.2 Å². The van der Waals surface area contributed by atoms with E-state index in [-0.39, 0.29) is 4.32 Å². The predicted octanol–water partition coefficient (Wildman–Crippen LogP) is 4.40. The molecule has 0 aliphatic rings. The van der Waals surface area contributed by atoms with Crippen molar-refractivity contribution in [2.24, 2.45) is 0 Å². The fourth-order valence-corrected chi connectivity index (χ4v) is 1.85. The maximum absolute atomic E-state index is 8.86. The quantitative estimate of drug-likeness (QED) is 0.505. The number of rotatable bonds is 7. The second-order valence-corrected chi connectivity index (χ2v) is 5.45. The molecule has 1 atom stereocenters. The molecule has 0 N–H and O–H groups in total.